The molecule has 0 saturated carbocycles. The third-order valence-electron chi connectivity index (χ3n) is 5.99. The maximum Gasteiger partial charge on any atom is 0.435 e. The molecule has 0 atom stereocenters. The van der Waals surface area contributed by atoms with Crippen molar-refractivity contribution in [1.82, 2.24) is 14.9 Å². The number of rotatable bonds is 9. The predicted octanol–water partition coefficient (Wildman–Crippen LogP) is 6.06. The molecule has 8 heteroatoms. The van der Waals surface area contributed by atoms with E-state index in [0.717, 1.165) is 22.4 Å². The van der Waals surface area contributed by atoms with Gasteiger partial charge in [0.25, 0.3) is 0 Å². The monoisotopic (exact) mass is 501 g/mol. The molecule has 0 radical (unpaired) electrons. The van der Waals surface area contributed by atoms with Crippen molar-refractivity contribution in [3.05, 3.63) is 107 Å². The van der Waals surface area contributed by atoms with Crippen molar-refractivity contribution in [1.29, 1.82) is 0 Å². The average molecular weight is 502 g/mol. The highest BCUT2D eigenvalue weighted by molar-refractivity contribution is 5.87. The van der Waals surface area contributed by atoms with Crippen LogP contribution in [0.1, 0.15) is 72.2 Å². The standard InChI is InChI=1S/C29H31N3O5/c1-20(2)26-23(17-32(30-26)28(34)36-19-22-13-9-6-10-14-22)16-29(3,4)25-15-24(31-37-25)27(33)35-18-21-11-7-5-8-12-21/h5-15,17,20H,16,18-19H2,1-4H3. The van der Waals surface area contributed by atoms with E-state index in [-0.39, 0.29) is 24.8 Å². The molecule has 0 amide bonds. The minimum atomic E-state index is -0.550. The van der Waals surface area contributed by atoms with Gasteiger partial charge in [-0.2, -0.15) is 9.78 Å². The van der Waals surface area contributed by atoms with Gasteiger partial charge in [0.15, 0.2) is 5.69 Å². The Labute approximate surface area is 216 Å². The van der Waals surface area contributed by atoms with E-state index in [0.29, 0.717) is 12.2 Å². The quantitative estimate of drug-likeness (QED) is 0.257. The van der Waals surface area contributed by atoms with E-state index in [4.69, 9.17) is 14.0 Å². The first-order valence-electron chi connectivity index (χ1n) is 12.2. The summed E-state index contributed by atoms with van der Waals surface area (Å²) in [5.74, 6) is 0.0759. The molecule has 0 N–H and O–H groups in total. The van der Waals surface area contributed by atoms with Gasteiger partial charge in [0.05, 0.1) is 5.69 Å². The lowest BCUT2D eigenvalue weighted by atomic mass is 9.82. The Morgan fingerprint density at radius 2 is 1.54 bits per heavy atom. The van der Waals surface area contributed by atoms with Crippen LogP contribution < -0.4 is 0 Å². The lowest BCUT2D eigenvalue weighted by Crippen LogP contribution is -2.20. The lowest BCUT2D eigenvalue weighted by molar-refractivity contribution is 0.0460. The van der Waals surface area contributed by atoms with Crippen molar-refractivity contribution in [3.8, 4) is 0 Å². The SMILES string of the molecule is CC(C)c1nn(C(=O)OCc2ccccc2)cc1CC(C)(C)c1cc(C(=O)OCc2ccccc2)no1. The van der Waals surface area contributed by atoms with Crippen LogP contribution in [-0.2, 0) is 34.5 Å². The second-order valence-corrected chi connectivity index (χ2v) is 9.88. The summed E-state index contributed by atoms with van der Waals surface area (Å²) in [6.45, 7) is 8.34. The molecule has 0 unspecified atom stereocenters. The Morgan fingerprint density at radius 3 is 2.14 bits per heavy atom. The fraction of sp³-hybridized carbons (Fsp3) is 0.310. The van der Waals surface area contributed by atoms with Crippen LogP contribution in [0.5, 0.6) is 0 Å². The van der Waals surface area contributed by atoms with Gasteiger partial charge in [-0.3, -0.25) is 0 Å². The van der Waals surface area contributed by atoms with Crippen LogP contribution in [0, 0.1) is 0 Å². The van der Waals surface area contributed by atoms with Gasteiger partial charge in [-0.1, -0.05) is 93.5 Å². The molecule has 4 aromatic rings. The summed E-state index contributed by atoms with van der Waals surface area (Å²) in [5, 5.41) is 8.44. The number of nitrogens with zero attached hydrogens (tertiary/aromatic N) is 3. The van der Waals surface area contributed by atoms with Crippen molar-refractivity contribution >= 4 is 12.1 Å². The third-order valence-corrected chi connectivity index (χ3v) is 5.99. The molecule has 0 aliphatic heterocycles. The zero-order chi connectivity index (χ0) is 26.4. The maximum absolute atomic E-state index is 12.7. The first kappa shape index (κ1) is 25.9. The van der Waals surface area contributed by atoms with Crippen LogP contribution in [0.15, 0.2) is 77.4 Å². The van der Waals surface area contributed by atoms with Gasteiger partial charge in [-0.15, -0.1) is 0 Å². The Balaban J connectivity index is 1.44. The molecule has 37 heavy (non-hydrogen) atoms. The Morgan fingerprint density at radius 1 is 0.946 bits per heavy atom. The second kappa shape index (κ2) is 11.2. The molecule has 8 nitrogen and oxygen atoms in total. The van der Waals surface area contributed by atoms with Gasteiger partial charge in [-0.25, -0.2) is 9.59 Å². The minimum Gasteiger partial charge on any atom is -0.456 e. The Hall–Kier alpha value is -4.20. The second-order valence-electron chi connectivity index (χ2n) is 9.88. The summed E-state index contributed by atoms with van der Waals surface area (Å²) in [6.07, 6.45) is 1.67. The normalized spacial score (nSPS) is 11.5. The molecule has 2 aromatic carbocycles. The highest BCUT2D eigenvalue weighted by Gasteiger charge is 2.31. The molecule has 2 aromatic heterocycles. The zero-order valence-electron chi connectivity index (χ0n) is 21.5. The molecule has 0 bridgehead atoms. The first-order valence-corrected chi connectivity index (χ1v) is 12.2. The number of carbonyl (C=O) groups is 2. The van der Waals surface area contributed by atoms with Gasteiger partial charge in [0, 0.05) is 17.7 Å². The van der Waals surface area contributed by atoms with Crippen LogP contribution in [0.3, 0.4) is 0 Å². The summed E-state index contributed by atoms with van der Waals surface area (Å²) < 4.78 is 17.6. The van der Waals surface area contributed by atoms with Crippen molar-refractivity contribution in [3.63, 3.8) is 0 Å². The largest absolute Gasteiger partial charge is 0.456 e. The van der Waals surface area contributed by atoms with E-state index in [9.17, 15) is 9.59 Å². The number of ether oxygens (including phenoxy) is 2. The van der Waals surface area contributed by atoms with Crippen LogP contribution in [0.4, 0.5) is 4.79 Å². The topological polar surface area (TPSA) is 96.5 Å². The molecule has 192 valence electrons. The predicted molar refractivity (Wildman–Crippen MR) is 137 cm³/mol. The maximum atomic E-state index is 12.7. The van der Waals surface area contributed by atoms with E-state index in [2.05, 4.69) is 10.3 Å². The number of aromatic nitrogens is 3. The first-order chi connectivity index (χ1) is 17.7. The Bertz CT molecular complexity index is 1340. The summed E-state index contributed by atoms with van der Waals surface area (Å²) in [5.41, 5.74) is 3.06. The molecular formula is C29H31N3O5. The van der Waals surface area contributed by atoms with Gasteiger partial charge in [0.1, 0.15) is 19.0 Å². The number of esters is 1. The smallest absolute Gasteiger partial charge is 0.435 e. The number of hydrogen-bond acceptors (Lipinski definition) is 7. The number of hydrogen-bond donors (Lipinski definition) is 0. The van der Waals surface area contributed by atoms with Crippen molar-refractivity contribution < 1.29 is 23.6 Å². The Kier molecular flexibility index (Phi) is 7.86. The molecule has 0 aliphatic rings. The minimum absolute atomic E-state index is 0.0900. The molecule has 0 aliphatic carbocycles. The van der Waals surface area contributed by atoms with Crippen LogP contribution in [0.25, 0.3) is 0 Å². The zero-order valence-corrected chi connectivity index (χ0v) is 21.5. The fourth-order valence-electron chi connectivity index (χ4n) is 3.97. The van der Waals surface area contributed by atoms with E-state index in [1.807, 2.05) is 88.4 Å². The molecule has 2 heterocycles. The van der Waals surface area contributed by atoms with Crippen LogP contribution in [-0.4, -0.2) is 27.0 Å². The molecule has 0 fully saturated rings. The summed E-state index contributed by atoms with van der Waals surface area (Å²) >= 11 is 0. The van der Waals surface area contributed by atoms with Crippen molar-refractivity contribution in [2.45, 2.75) is 58.7 Å². The molecular weight excluding hydrogens is 470 g/mol. The fourth-order valence-corrected chi connectivity index (χ4v) is 3.97. The van der Waals surface area contributed by atoms with Crippen molar-refractivity contribution in [2.24, 2.45) is 0 Å². The third kappa shape index (κ3) is 6.52. The molecule has 0 spiro atoms. The summed E-state index contributed by atoms with van der Waals surface area (Å²) in [4.78, 5) is 25.2. The van der Waals surface area contributed by atoms with Gasteiger partial charge < -0.3 is 14.0 Å². The molecule has 4 rings (SSSR count). The lowest BCUT2D eigenvalue weighted by Gasteiger charge is -2.21. The number of carbonyl (C=O) groups excluding carboxylic acids is 2. The van der Waals surface area contributed by atoms with Gasteiger partial charge in [0.2, 0.25) is 0 Å². The van der Waals surface area contributed by atoms with E-state index in [1.165, 1.54) is 4.68 Å². The van der Waals surface area contributed by atoms with Crippen LogP contribution >= 0.6 is 0 Å². The highest BCUT2D eigenvalue weighted by atomic mass is 16.6. The van der Waals surface area contributed by atoms with Gasteiger partial charge >= 0.3 is 12.1 Å². The number of benzene rings is 2. The van der Waals surface area contributed by atoms with E-state index >= 15 is 0 Å². The summed E-state index contributed by atoms with van der Waals surface area (Å²) in [6, 6.07) is 20.5. The van der Waals surface area contributed by atoms with E-state index in [1.54, 1.807) is 12.3 Å². The van der Waals surface area contributed by atoms with Crippen LogP contribution in [0.2, 0.25) is 0 Å². The van der Waals surface area contributed by atoms with Crippen molar-refractivity contribution in [2.75, 3.05) is 0 Å². The summed E-state index contributed by atoms with van der Waals surface area (Å²) in [7, 11) is 0. The van der Waals surface area contributed by atoms with Gasteiger partial charge in [-0.05, 0) is 29.0 Å². The average Bonchev–Trinajstić information content (AvgIpc) is 3.55. The highest BCUT2D eigenvalue weighted by Crippen LogP contribution is 2.31. The van der Waals surface area contributed by atoms with E-state index < -0.39 is 17.5 Å². The molecule has 0 saturated heterocycles.